The highest BCUT2D eigenvalue weighted by Gasteiger charge is 2.27. The summed E-state index contributed by atoms with van der Waals surface area (Å²) in [5, 5.41) is 3.70. The predicted octanol–water partition coefficient (Wildman–Crippen LogP) is 3.43. The van der Waals surface area contributed by atoms with Gasteiger partial charge in [0.1, 0.15) is 0 Å². The van der Waals surface area contributed by atoms with Crippen molar-refractivity contribution in [2.45, 2.75) is 52.0 Å². The van der Waals surface area contributed by atoms with Gasteiger partial charge in [0.15, 0.2) is 0 Å². The van der Waals surface area contributed by atoms with Crippen LogP contribution in [-0.4, -0.2) is 35.8 Å². The number of likely N-dealkylation sites (tertiary alicyclic amines) is 1. The number of carbonyl (C=O) groups excluding carboxylic acids is 2. The summed E-state index contributed by atoms with van der Waals surface area (Å²) in [4.78, 5) is 26.2. The molecule has 1 aliphatic rings. The predicted molar refractivity (Wildman–Crippen MR) is 97.0 cm³/mol. The van der Waals surface area contributed by atoms with E-state index < -0.39 is 0 Å². The van der Waals surface area contributed by atoms with Crippen LogP contribution in [0, 0.1) is 5.92 Å². The third-order valence-corrected chi connectivity index (χ3v) is 4.67. The van der Waals surface area contributed by atoms with Gasteiger partial charge in [0.05, 0.1) is 0 Å². The van der Waals surface area contributed by atoms with Gasteiger partial charge in [0.2, 0.25) is 11.8 Å². The lowest BCUT2D eigenvalue weighted by atomic mass is 9.95. The minimum Gasteiger partial charge on any atom is -0.354 e. The van der Waals surface area contributed by atoms with Crippen LogP contribution in [0.4, 0.5) is 0 Å². The molecule has 2 amide bonds. The van der Waals surface area contributed by atoms with Gasteiger partial charge >= 0.3 is 0 Å². The topological polar surface area (TPSA) is 49.4 Å². The average Bonchev–Trinajstić information content (AvgIpc) is 2.56. The molecule has 1 aromatic rings. The summed E-state index contributed by atoms with van der Waals surface area (Å²) in [6.07, 6.45) is 3.82. The fourth-order valence-electron chi connectivity index (χ4n) is 3.05. The molecule has 0 aromatic heterocycles. The molecule has 0 aliphatic carbocycles. The number of halogens is 1. The molecule has 0 atom stereocenters. The second-order valence-electron chi connectivity index (χ2n) is 6.80. The maximum atomic E-state index is 12.3. The van der Waals surface area contributed by atoms with Crippen molar-refractivity contribution in [1.82, 2.24) is 10.2 Å². The van der Waals surface area contributed by atoms with Crippen LogP contribution in [0.2, 0.25) is 5.02 Å². The number of hydrogen-bond donors (Lipinski definition) is 1. The van der Waals surface area contributed by atoms with Crippen molar-refractivity contribution in [3.8, 4) is 0 Å². The van der Waals surface area contributed by atoms with Gasteiger partial charge in [-0.25, -0.2) is 0 Å². The molecular weight excluding hydrogens is 324 g/mol. The fourth-order valence-corrected chi connectivity index (χ4v) is 3.17. The van der Waals surface area contributed by atoms with Crippen LogP contribution in [0.1, 0.15) is 45.1 Å². The van der Waals surface area contributed by atoms with Crippen molar-refractivity contribution in [3.63, 3.8) is 0 Å². The number of hydrogen-bond acceptors (Lipinski definition) is 2. The number of benzene rings is 1. The molecule has 1 fully saturated rings. The van der Waals surface area contributed by atoms with Crippen molar-refractivity contribution in [3.05, 3.63) is 34.9 Å². The Kier molecular flexibility index (Phi) is 7.10. The number of nitrogens with zero attached hydrogens (tertiary/aromatic N) is 1. The Morgan fingerprint density at radius 2 is 1.83 bits per heavy atom. The molecule has 1 aromatic carbocycles. The van der Waals surface area contributed by atoms with Gasteiger partial charge < -0.3 is 10.2 Å². The summed E-state index contributed by atoms with van der Waals surface area (Å²) in [7, 11) is 0. The first-order valence-electron chi connectivity index (χ1n) is 8.78. The highest BCUT2D eigenvalue weighted by molar-refractivity contribution is 6.30. The van der Waals surface area contributed by atoms with E-state index in [-0.39, 0.29) is 23.8 Å². The van der Waals surface area contributed by atoms with Gasteiger partial charge in [0.25, 0.3) is 0 Å². The Labute approximate surface area is 149 Å². The normalized spacial score (nSPS) is 15.6. The SMILES string of the molecule is CC(C)NC(=O)C1CCN(C(=O)CCCc2ccc(Cl)cc2)CC1. The largest absolute Gasteiger partial charge is 0.354 e. The number of aryl methyl sites for hydroxylation is 1. The van der Waals surface area contributed by atoms with Crippen molar-refractivity contribution in [2.75, 3.05) is 13.1 Å². The van der Waals surface area contributed by atoms with E-state index in [2.05, 4.69) is 5.32 Å². The van der Waals surface area contributed by atoms with Crippen LogP contribution < -0.4 is 5.32 Å². The molecule has 0 saturated carbocycles. The van der Waals surface area contributed by atoms with Crippen molar-refractivity contribution in [1.29, 1.82) is 0 Å². The zero-order chi connectivity index (χ0) is 17.5. The van der Waals surface area contributed by atoms with Gasteiger partial charge in [0, 0.05) is 36.5 Å². The van der Waals surface area contributed by atoms with E-state index in [1.807, 2.05) is 43.0 Å². The van der Waals surface area contributed by atoms with Gasteiger partial charge in [-0.1, -0.05) is 23.7 Å². The summed E-state index contributed by atoms with van der Waals surface area (Å²) < 4.78 is 0. The number of amides is 2. The van der Waals surface area contributed by atoms with Crippen LogP contribution in [0.25, 0.3) is 0 Å². The zero-order valence-electron chi connectivity index (χ0n) is 14.6. The summed E-state index contributed by atoms with van der Waals surface area (Å²) >= 11 is 5.87. The molecule has 24 heavy (non-hydrogen) atoms. The number of carbonyl (C=O) groups is 2. The molecule has 0 radical (unpaired) electrons. The van der Waals surface area contributed by atoms with Gasteiger partial charge in [-0.3, -0.25) is 9.59 Å². The summed E-state index contributed by atoms with van der Waals surface area (Å²) in [5.41, 5.74) is 1.20. The van der Waals surface area contributed by atoms with E-state index in [9.17, 15) is 9.59 Å². The quantitative estimate of drug-likeness (QED) is 0.854. The lowest BCUT2D eigenvalue weighted by Crippen LogP contribution is -2.44. The lowest BCUT2D eigenvalue weighted by molar-refractivity contribution is -0.135. The van der Waals surface area contributed by atoms with Crippen molar-refractivity contribution in [2.24, 2.45) is 5.92 Å². The van der Waals surface area contributed by atoms with Crippen LogP contribution in [0.15, 0.2) is 24.3 Å². The molecule has 4 nitrogen and oxygen atoms in total. The number of nitrogens with one attached hydrogen (secondary N) is 1. The Morgan fingerprint density at radius 3 is 2.42 bits per heavy atom. The molecular formula is C19H27ClN2O2. The van der Waals surface area contributed by atoms with Gasteiger partial charge in [-0.05, 0) is 57.2 Å². The van der Waals surface area contributed by atoms with E-state index in [1.54, 1.807) is 0 Å². The molecule has 1 saturated heterocycles. The molecule has 1 N–H and O–H groups in total. The Balaban J connectivity index is 1.69. The first kappa shape index (κ1) is 18.8. The highest BCUT2D eigenvalue weighted by Crippen LogP contribution is 2.19. The van der Waals surface area contributed by atoms with E-state index in [4.69, 9.17) is 11.6 Å². The van der Waals surface area contributed by atoms with Gasteiger partial charge in [-0.2, -0.15) is 0 Å². The first-order chi connectivity index (χ1) is 11.5. The molecule has 5 heteroatoms. The van der Waals surface area contributed by atoms with Crippen LogP contribution in [0.3, 0.4) is 0 Å². The minimum absolute atomic E-state index is 0.0468. The second-order valence-corrected chi connectivity index (χ2v) is 7.23. The average molecular weight is 351 g/mol. The van der Waals surface area contributed by atoms with E-state index in [0.29, 0.717) is 19.5 Å². The maximum Gasteiger partial charge on any atom is 0.223 e. The van der Waals surface area contributed by atoms with Crippen LogP contribution >= 0.6 is 11.6 Å². The minimum atomic E-state index is 0.0468. The lowest BCUT2D eigenvalue weighted by Gasteiger charge is -2.31. The number of rotatable bonds is 6. The zero-order valence-corrected chi connectivity index (χ0v) is 15.3. The smallest absolute Gasteiger partial charge is 0.223 e. The highest BCUT2D eigenvalue weighted by atomic mass is 35.5. The van der Waals surface area contributed by atoms with Crippen molar-refractivity contribution < 1.29 is 9.59 Å². The van der Waals surface area contributed by atoms with E-state index >= 15 is 0 Å². The van der Waals surface area contributed by atoms with Crippen LogP contribution in [0.5, 0.6) is 0 Å². The van der Waals surface area contributed by atoms with E-state index in [1.165, 1.54) is 5.56 Å². The number of piperidine rings is 1. The Bertz CT molecular complexity index is 549. The molecule has 1 heterocycles. The van der Waals surface area contributed by atoms with Crippen molar-refractivity contribution >= 4 is 23.4 Å². The Hall–Kier alpha value is -1.55. The van der Waals surface area contributed by atoms with Gasteiger partial charge in [-0.15, -0.1) is 0 Å². The van der Waals surface area contributed by atoms with E-state index in [0.717, 1.165) is 30.7 Å². The first-order valence-corrected chi connectivity index (χ1v) is 9.16. The molecule has 0 bridgehead atoms. The molecule has 0 spiro atoms. The Morgan fingerprint density at radius 1 is 1.21 bits per heavy atom. The fraction of sp³-hybridized carbons (Fsp3) is 0.579. The summed E-state index contributed by atoms with van der Waals surface area (Å²) in [6.45, 7) is 5.32. The molecule has 132 valence electrons. The summed E-state index contributed by atoms with van der Waals surface area (Å²) in [5.74, 6) is 0.372. The molecule has 1 aliphatic heterocycles. The third kappa shape index (κ3) is 5.82. The second kappa shape index (κ2) is 9.07. The standard InChI is InChI=1S/C19H27ClN2O2/c1-14(2)21-19(24)16-10-12-22(13-11-16)18(23)5-3-4-15-6-8-17(20)9-7-15/h6-9,14,16H,3-5,10-13H2,1-2H3,(H,21,24). The monoisotopic (exact) mass is 350 g/mol. The van der Waals surface area contributed by atoms with Crippen LogP contribution in [-0.2, 0) is 16.0 Å². The molecule has 0 unspecified atom stereocenters. The maximum absolute atomic E-state index is 12.3. The third-order valence-electron chi connectivity index (χ3n) is 4.42. The molecule has 2 rings (SSSR count). The summed E-state index contributed by atoms with van der Waals surface area (Å²) in [6, 6.07) is 7.94.